The van der Waals surface area contributed by atoms with E-state index < -0.39 is 0 Å². The number of aromatic nitrogens is 2. The molecule has 0 aliphatic carbocycles. The van der Waals surface area contributed by atoms with Crippen LogP contribution in [-0.4, -0.2) is 9.97 Å². The van der Waals surface area contributed by atoms with Crippen LogP contribution in [0.1, 0.15) is 11.1 Å². The molecule has 0 unspecified atom stereocenters. The van der Waals surface area contributed by atoms with Gasteiger partial charge in [-0.15, -0.1) is 0 Å². The molecule has 0 saturated carbocycles. The number of pyridine rings is 2. The van der Waals surface area contributed by atoms with Gasteiger partial charge in [0.25, 0.3) is 0 Å². The highest BCUT2D eigenvalue weighted by Gasteiger charge is 1.99. The molecule has 0 aliphatic heterocycles. The van der Waals surface area contributed by atoms with E-state index in [1.165, 1.54) is 0 Å². The van der Waals surface area contributed by atoms with Gasteiger partial charge in [-0.1, -0.05) is 55.1 Å². The second kappa shape index (κ2) is 9.74. The molecule has 2 rings (SSSR count). The van der Waals surface area contributed by atoms with E-state index in [1.807, 2.05) is 12.1 Å². The Morgan fingerprint density at radius 3 is 1.40 bits per heavy atom. The molecule has 0 saturated heterocycles. The Kier molecular flexibility index (Phi) is 9.18. The van der Waals surface area contributed by atoms with Crippen molar-refractivity contribution in [2.75, 3.05) is 0 Å². The third-order valence-electron chi connectivity index (χ3n) is 2.09. The van der Waals surface area contributed by atoms with Gasteiger partial charge in [0.1, 0.15) is 10.3 Å². The number of hydrogen-bond donors (Lipinski definition) is 0. The summed E-state index contributed by atoms with van der Waals surface area (Å²) in [7, 11) is 0. The summed E-state index contributed by atoms with van der Waals surface area (Å²) in [5.74, 6) is 0. The third-order valence-corrected chi connectivity index (χ3v) is 5.14. The van der Waals surface area contributed by atoms with E-state index in [9.17, 15) is 0 Å². The Balaban J connectivity index is 0.000000200. The molecule has 2 aromatic rings. The zero-order valence-corrected chi connectivity index (χ0v) is 17.7. The lowest BCUT2D eigenvalue weighted by atomic mass is 10.3. The molecular formula is C12H8Br4Cl2N2. The highest BCUT2D eigenvalue weighted by Crippen LogP contribution is 2.21. The van der Waals surface area contributed by atoms with Crippen LogP contribution >= 0.6 is 86.9 Å². The van der Waals surface area contributed by atoms with Crippen molar-refractivity contribution in [1.82, 2.24) is 9.97 Å². The minimum absolute atomic E-state index is 0.526. The number of hydrogen-bond acceptors (Lipinski definition) is 2. The average molecular weight is 571 g/mol. The van der Waals surface area contributed by atoms with E-state index in [0.717, 1.165) is 30.7 Å². The monoisotopic (exact) mass is 566 g/mol. The van der Waals surface area contributed by atoms with Gasteiger partial charge in [-0.25, -0.2) is 9.97 Å². The number of alkyl halides is 2. The standard InChI is InChI=1S/2C6H4Br2ClN/c2*7-2-4-1-6(9)10-3-5(4)8/h2*1,3H,2H2. The van der Waals surface area contributed by atoms with Gasteiger partial charge in [0.15, 0.2) is 0 Å². The molecule has 8 heteroatoms. The second-order valence-corrected chi connectivity index (χ2v) is 7.07. The summed E-state index contributed by atoms with van der Waals surface area (Å²) in [6.45, 7) is 0. The van der Waals surface area contributed by atoms with Crippen molar-refractivity contribution in [3.63, 3.8) is 0 Å². The predicted octanol–water partition coefficient (Wildman–Crippen LogP) is 6.78. The molecule has 0 fully saturated rings. The van der Waals surface area contributed by atoms with E-state index in [0.29, 0.717) is 10.3 Å². The van der Waals surface area contributed by atoms with Crippen molar-refractivity contribution in [1.29, 1.82) is 0 Å². The summed E-state index contributed by atoms with van der Waals surface area (Å²) in [6, 6.07) is 3.64. The van der Waals surface area contributed by atoms with E-state index in [4.69, 9.17) is 23.2 Å². The van der Waals surface area contributed by atoms with E-state index in [1.54, 1.807) is 12.4 Å². The van der Waals surface area contributed by atoms with Crippen molar-refractivity contribution in [3.8, 4) is 0 Å². The van der Waals surface area contributed by atoms with Crippen LogP contribution in [0, 0.1) is 0 Å². The number of nitrogens with zero attached hydrogens (tertiary/aromatic N) is 2. The minimum Gasteiger partial charge on any atom is -0.243 e. The Labute approximate surface area is 161 Å². The van der Waals surface area contributed by atoms with E-state index >= 15 is 0 Å². The smallest absolute Gasteiger partial charge is 0.129 e. The van der Waals surface area contributed by atoms with Crippen LogP contribution in [0.25, 0.3) is 0 Å². The van der Waals surface area contributed by atoms with Crippen molar-refractivity contribution in [2.24, 2.45) is 0 Å². The van der Waals surface area contributed by atoms with E-state index in [-0.39, 0.29) is 0 Å². The zero-order valence-electron chi connectivity index (χ0n) is 9.89. The normalized spacial score (nSPS) is 9.90. The van der Waals surface area contributed by atoms with Gasteiger partial charge in [0, 0.05) is 32.0 Å². The SMILES string of the molecule is Clc1cc(CBr)c(Br)cn1.Clc1cc(CBr)c(Br)cn1. The maximum absolute atomic E-state index is 5.64. The molecule has 0 aromatic carbocycles. The fraction of sp³-hybridized carbons (Fsp3) is 0.167. The summed E-state index contributed by atoms with van der Waals surface area (Å²) in [5, 5.41) is 2.63. The summed E-state index contributed by atoms with van der Waals surface area (Å²) < 4.78 is 1.96. The van der Waals surface area contributed by atoms with Crippen molar-refractivity contribution in [2.45, 2.75) is 10.7 Å². The first-order valence-electron chi connectivity index (χ1n) is 5.19. The van der Waals surface area contributed by atoms with E-state index in [2.05, 4.69) is 73.7 Å². The molecule has 2 aromatic heterocycles. The molecule has 0 radical (unpaired) electrons. The molecule has 0 N–H and O–H groups in total. The fourth-order valence-electron chi connectivity index (χ4n) is 1.11. The fourth-order valence-corrected chi connectivity index (χ4v) is 3.86. The van der Waals surface area contributed by atoms with Gasteiger partial charge in [-0.05, 0) is 55.1 Å². The van der Waals surface area contributed by atoms with Gasteiger partial charge >= 0.3 is 0 Å². The van der Waals surface area contributed by atoms with Crippen LogP contribution in [0.4, 0.5) is 0 Å². The van der Waals surface area contributed by atoms with Crippen LogP contribution in [0.3, 0.4) is 0 Å². The summed E-state index contributed by atoms with van der Waals surface area (Å²) in [4.78, 5) is 7.77. The second-order valence-electron chi connectivity index (χ2n) is 3.46. The van der Waals surface area contributed by atoms with Gasteiger partial charge in [0.2, 0.25) is 0 Å². The van der Waals surface area contributed by atoms with Crippen LogP contribution in [-0.2, 0) is 10.7 Å². The first-order valence-corrected chi connectivity index (χ1v) is 9.78. The zero-order chi connectivity index (χ0) is 15.1. The van der Waals surface area contributed by atoms with Crippen molar-refractivity contribution < 1.29 is 0 Å². The summed E-state index contributed by atoms with van der Waals surface area (Å²) >= 11 is 24.6. The highest BCUT2D eigenvalue weighted by molar-refractivity contribution is 9.11. The Morgan fingerprint density at radius 2 is 1.15 bits per heavy atom. The molecule has 108 valence electrons. The summed E-state index contributed by atoms with van der Waals surface area (Å²) in [6.07, 6.45) is 3.39. The molecule has 0 spiro atoms. The van der Waals surface area contributed by atoms with Gasteiger partial charge in [0.05, 0.1) is 0 Å². The van der Waals surface area contributed by atoms with Gasteiger partial charge < -0.3 is 0 Å². The average Bonchev–Trinajstić information content (AvgIpc) is 2.44. The lowest BCUT2D eigenvalue weighted by molar-refractivity contribution is 1.25. The van der Waals surface area contributed by atoms with Crippen LogP contribution in [0.5, 0.6) is 0 Å². The quantitative estimate of drug-likeness (QED) is 0.294. The molecule has 0 atom stereocenters. The molecule has 0 aliphatic rings. The Morgan fingerprint density at radius 1 is 0.800 bits per heavy atom. The van der Waals surface area contributed by atoms with Crippen LogP contribution < -0.4 is 0 Å². The topological polar surface area (TPSA) is 25.8 Å². The highest BCUT2D eigenvalue weighted by atomic mass is 79.9. The van der Waals surface area contributed by atoms with Crippen LogP contribution in [0.15, 0.2) is 33.5 Å². The molecule has 0 amide bonds. The minimum atomic E-state index is 0.526. The Hall–Kier alpha value is 0.800. The Bertz CT molecular complexity index is 530. The van der Waals surface area contributed by atoms with Gasteiger partial charge in [-0.3, -0.25) is 0 Å². The number of halogens is 6. The third kappa shape index (κ3) is 6.28. The molecule has 2 nitrogen and oxygen atoms in total. The number of rotatable bonds is 2. The molecule has 2 heterocycles. The van der Waals surface area contributed by atoms with Crippen LogP contribution in [0.2, 0.25) is 10.3 Å². The first-order chi connectivity index (χ1) is 9.47. The maximum atomic E-state index is 5.64. The lowest BCUT2D eigenvalue weighted by Gasteiger charge is -1.97. The first kappa shape index (κ1) is 18.8. The molecule has 0 bridgehead atoms. The molecule has 20 heavy (non-hydrogen) atoms. The van der Waals surface area contributed by atoms with Gasteiger partial charge in [-0.2, -0.15) is 0 Å². The molecular weight excluding hydrogens is 563 g/mol. The van der Waals surface area contributed by atoms with Crippen molar-refractivity contribution in [3.05, 3.63) is 54.9 Å². The predicted molar refractivity (Wildman–Crippen MR) is 99.2 cm³/mol. The summed E-state index contributed by atoms with van der Waals surface area (Å²) in [5.41, 5.74) is 2.22. The largest absolute Gasteiger partial charge is 0.243 e. The lowest BCUT2D eigenvalue weighted by Crippen LogP contribution is -1.82. The van der Waals surface area contributed by atoms with Crippen molar-refractivity contribution >= 4 is 86.9 Å². The maximum Gasteiger partial charge on any atom is 0.129 e.